The molecule has 0 radical (unpaired) electrons. The zero-order chi connectivity index (χ0) is 13.8. The van der Waals surface area contributed by atoms with Crippen LogP contribution in [0.2, 0.25) is 5.02 Å². The van der Waals surface area contributed by atoms with Gasteiger partial charge in [0.1, 0.15) is 5.82 Å². The van der Waals surface area contributed by atoms with E-state index in [2.05, 4.69) is 10.4 Å². The van der Waals surface area contributed by atoms with Crippen LogP contribution in [0, 0.1) is 5.82 Å². The van der Waals surface area contributed by atoms with Crippen molar-refractivity contribution >= 4 is 29.3 Å². The monoisotopic (exact) mass is 279 g/mol. The van der Waals surface area contributed by atoms with Crippen molar-refractivity contribution < 1.29 is 9.18 Å². The molecular weight excluding hydrogens is 269 g/mol. The Morgan fingerprint density at radius 1 is 1.53 bits per heavy atom. The Morgan fingerprint density at radius 2 is 2.32 bits per heavy atom. The topological polar surface area (TPSA) is 46.9 Å². The Hall–Kier alpha value is -2.14. The maximum Gasteiger partial charge on any atom is 0.248 e. The summed E-state index contributed by atoms with van der Waals surface area (Å²) < 4.78 is 14.6. The number of carbonyl (C=O) groups is 1. The normalized spacial score (nSPS) is 10.9. The first-order valence-corrected chi connectivity index (χ1v) is 5.85. The van der Waals surface area contributed by atoms with Crippen molar-refractivity contribution in [3.05, 3.63) is 53.1 Å². The van der Waals surface area contributed by atoms with Crippen molar-refractivity contribution in [3.8, 4) is 0 Å². The second kappa shape index (κ2) is 5.67. The molecule has 6 heteroatoms. The van der Waals surface area contributed by atoms with E-state index < -0.39 is 5.82 Å². The highest BCUT2D eigenvalue weighted by molar-refractivity contribution is 6.31. The number of carbonyl (C=O) groups excluding carboxylic acids is 1. The van der Waals surface area contributed by atoms with Crippen LogP contribution in [0.25, 0.3) is 6.08 Å². The molecule has 0 aliphatic rings. The molecule has 0 aliphatic heterocycles. The summed E-state index contributed by atoms with van der Waals surface area (Å²) in [5.74, 6) is -0.850. The van der Waals surface area contributed by atoms with Crippen LogP contribution in [-0.2, 0) is 11.8 Å². The Kier molecular flexibility index (Phi) is 3.97. The van der Waals surface area contributed by atoms with Gasteiger partial charge in [-0.3, -0.25) is 9.48 Å². The number of nitrogens with zero attached hydrogens (tertiary/aromatic N) is 2. The van der Waals surface area contributed by atoms with E-state index in [0.717, 1.165) is 5.56 Å². The van der Waals surface area contributed by atoms with Crippen molar-refractivity contribution in [2.75, 3.05) is 5.32 Å². The second-order valence-corrected chi connectivity index (χ2v) is 4.31. The van der Waals surface area contributed by atoms with Gasteiger partial charge in [0.2, 0.25) is 5.91 Å². The van der Waals surface area contributed by atoms with Gasteiger partial charge in [-0.15, -0.1) is 0 Å². The molecule has 0 aliphatic carbocycles. The average molecular weight is 280 g/mol. The molecule has 1 aromatic heterocycles. The lowest BCUT2D eigenvalue weighted by molar-refractivity contribution is -0.111. The van der Waals surface area contributed by atoms with Crippen LogP contribution in [-0.4, -0.2) is 15.7 Å². The zero-order valence-electron chi connectivity index (χ0n) is 10.1. The third-order valence-corrected chi connectivity index (χ3v) is 2.63. The molecule has 19 heavy (non-hydrogen) atoms. The summed E-state index contributed by atoms with van der Waals surface area (Å²) in [6.07, 6.45) is 6.42. The Bertz CT molecular complexity index is 637. The molecule has 4 nitrogen and oxygen atoms in total. The lowest BCUT2D eigenvalue weighted by Gasteiger charge is -2.02. The van der Waals surface area contributed by atoms with E-state index in [-0.39, 0.29) is 10.9 Å². The molecule has 2 rings (SSSR count). The molecular formula is C13H11ClFN3O. The first kappa shape index (κ1) is 13.3. The van der Waals surface area contributed by atoms with Crippen LogP contribution in [0.15, 0.2) is 36.7 Å². The number of hydrogen-bond donors (Lipinski definition) is 1. The Labute approximate surface area is 114 Å². The van der Waals surface area contributed by atoms with Gasteiger partial charge in [0.25, 0.3) is 0 Å². The summed E-state index contributed by atoms with van der Waals surface area (Å²) in [4.78, 5) is 11.6. The highest BCUT2D eigenvalue weighted by atomic mass is 35.5. The van der Waals surface area contributed by atoms with Gasteiger partial charge in [0.15, 0.2) is 0 Å². The summed E-state index contributed by atoms with van der Waals surface area (Å²) in [7, 11) is 1.79. The summed E-state index contributed by atoms with van der Waals surface area (Å²) in [6.45, 7) is 0. The number of rotatable bonds is 3. The zero-order valence-corrected chi connectivity index (χ0v) is 10.9. The first-order chi connectivity index (χ1) is 9.04. The molecule has 0 bridgehead atoms. The molecule has 0 unspecified atom stereocenters. The average Bonchev–Trinajstić information content (AvgIpc) is 2.77. The van der Waals surface area contributed by atoms with Crippen molar-refractivity contribution in [1.82, 2.24) is 9.78 Å². The van der Waals surface area contributed by atoms with E-state index in [1.165, 1.54) is 24.3 Å². The van der Waals surface area contributed by atoms with Gasteiger partial charge in [-0.1, -0.05) is 11.6 Å². The molecule has 98 valence electrons. The minimum atomic E-state index is -0.523. The van der Waals surface area contributed by atoms with Crippen LogP contribution in [0.5, 0.6) is 0 Å². The lowest BCUT2D eigenvalue weighted by Crippen LogP contribution is -2.07. The maximum atomic E-state index is 12.9. The number of nitrogens with one attached hydrogen (secondary N) is 1. The molecule has 1 N–H and O–H groups in total. The van der Waals surface area contributed by atoms with Crippen LogP contribution < -0.4 is 5.32 Å². The van der Waals surface area contributed by atoms with Crippen molar-refractivity contribution in [1.29, 1.82) is 0 Å². The van der Waals surface area contributed by atoms with Gasteiger partial charge in [-0.05, 0) is 24.3 Å². The Balaban J connectivity index is 2.01. The van der Waals surface area contributed by atoms with Crippen molar-refractivity contribution in [3.63, 3.8) is 0 Å². The summed E-state index contributed by atoms with van der Waals surface area (Å²) in [5, 5.41) is 6.52. The van der Waals surface area contributed by atoms with Gasteiger partial charge in [-0.2, -0.15) is 5.10 Å². The number of anilines is 1. The van der Waals surface area contributed by atoms with E-state index in [0.29, 0.717) is 5.69 Å². The fourth-order valence-electron chi connectivity index (χ4n) is 1.46. The van der Waals surface area contributed by atoms with Gasteiger partial charge >= 0.3 is 0 Å². The van der Waals surface area contributed by atoms with E-state index >= 15 is 0 Å². The van der Waals surface area contributed by atoms with Crippen molar-refractivity contribution in [2.45, 2.75) is 0 Å². The van der Waals surface area contributed by atoms with Crippen LogP contribution in [0.3, 0.4) is 0 Å². The van der Waals surface area contributed by atoms with Gasteiger partial charge < -0.3 is 5.32 Å². The molecule has 1 heterocycles. The molecule has 0 saturated heterocycles. The number of halogens is 2. The van der Waals surface area contributed by atoms with E-state index in [1.807, 2.05) is 0 Å². The predicted molar refractivity (Wildman–Crippen MR) is 72.3 cm³/mol. The highest BCUT2D eigenvalue weighted by Gasteiger charge is 2.03. The van der Waals surface area contributed by atoms with Crippen LogP contribution >= 0.6 is 11.6 Å². The van der Waals surface area contributed by atoms with Gasteiger partial charge in [0.05, 0.1) is 11.2 Å². The standard InChI is InChI=1S/C13H11ClFN3O/c1-18-8-9(7-16-18)2-5-13(19)17-10-3-4-12(15)11(14)6-10/h2-8H,1H3,(H,17,19)/b5-2+. The lowest BCUT2D eigenvalue weighted by atomic mass is 10.3. The predicted octanol–water partition coefficient (Wildman–Crippen LogP) is 2.86. The second-order valence-electron chi connectivity index (χ2n) is 3.90. The Morgan fingerprint density at radius 3 is 2.95 bits per heavy atom. The van der Waals surface area contributed by atoms with Crippen LogP contribution in [0.1, 0.15) is 5.56 Å². The van der Waals surface area contributed by atoms with E-state index in [4.69, 9.17) is 11.6 Å². The fraction of sp³-hybridized carbons (Fsp3) is 0.0769. The van der Waals surface area contributed by atoms with E-state index in [1.54, 1.807) is 30.2 Å². The molecule has 1 amide bonds. The van der Waals surface area contributed by atoms with E-state index in [9.17, 15) is 9.18 Å². The minimum Gasteiger partial charge on any atom is -0.322 e. The van der Waals surface area contributed by atoms with Gasteiger partial charge in [-0.25, -0.2) is 4.39 Å². The quantitative estimate of drug-likeness (QED) is 0.878. The molecule has 0 saturated carbocycles. The SMILES string of the molecule is Cn1cc(/C=C/C(=O)Nc2ccc(F)c(Cl)c2)cn1. The highest BCUT2D eigenvalue weighted by Crippen LogP contribution is 2.19. The molecule has 0 atom stereocenters. The number of hydrogen-bond acceptors (Lipinski definition) is 2. The molecule has 1 aromatic carbocycles. The molecule has 0 fully saturated rings. The third-order valence-electron chi connectivity index (χ3n) is 2.34. The van der Waals surface area contributed by atoms with Crippen molar-refractivity contribution in [2.24, 2.45) is 7.05 Å². The minimum absolute atomic E-state index is 0.0333. The summed E-state index contributed by atoms with van der Waals surface area (Å²) in [5.41, 5.74) is 1.25. The molecule has 0 spiro atoms. The number of amides is 1. The number of aryl methyl sites for hydroxylation is 1. The number of aromatic nitrogens is 2. The fourth-order valence-corrected chi connectivity index (χ4v) is 1.64. The van der Waals surface area contributed by atoms with Gasteiger partial charge in [0, 0.05) is 30.6 Å². The maximum absolute atomic E-state index is 12.9. The third kappa shape index (κ3) is 3.66. The first-order valence-electron chi connectivity index (χ1n) is 5.47. The molecule has 2 aromatic rings. The number of benzene rings is 1. The largest absolute Gasteiger partial charge is 0.322 e. The van der Waals surface area contributed by atoms with Crippen LogP contribution in [0.4, 0.5) is 10.1 Å². The summed E-state index contributed by atoms with van der Waals surface area (Å²) >= 11 is 5.62. The smallest absolute Gasteiger partial charge is 0.248 e. The summed E-state index contributed by atoms with van der Waals surface area (Å²) in [6, 6.07) is 3.99.